The van der Waals surface area contributed by atoms with E-state index in [1.54, 1.807) is 72.3 Å². The second-order valence-electron chi connectivity index (χ2n) is 8.32. The third-order valence-electron chi connectivity index (χ3n) is 5.75. The van der Waals surface area contributed by atoms with E-state index in [-0.39, 0.29) is 23.7 Å². The summed E-state index contributed by atoms with van der Waals surface area (Å²) in [5, 5.41) is 24.3. The summed E-state index contributed by atoms with van der Waals surface area (Å²) in [6.07, 6.45) is 7.16. The standard InChI is InChI=1S/C30H27FN2O6/c1-4-39-30(36)24-12-11-23(18-25(24)31)33-22(10-6-20-8-14-27(35)29(16-20)38-3)17-21(32-33)9-5-19-7-13-26(34)28(15-19)37-2/h5-18,34-35H,4H2,1-3H3/b9-5+,10-6+. The van der Waals surface area contributed by atoms with Crippen LogP contribution in [-0.4, -0.2) is 46.8 Å². The van der Waals surface area contributed by atoms with Gasteiger partial charge in [0, 0.05) is 6.07 Å². The molecule has 39 heavy (non-hydrogen) atoms. The molecule has 0 radical (unpaired) electrons. The van der Waals surface area contributed by atoms with Gasteiger partial charge in [-0.2, -0.15) is 5.10 Å². The lowest BCUT2D eigenvalue weighted by atomic mass is 10.1. The van der Waals surface area contributed by atoms with Gasteiger partial charge in [0.25, 0.3) is 0 Å². The molecule has 8 nitrogen and oxygen atoms in total. The molecule has 0 aliphatic carbocycles. The molecular formula is C30H27FN2O6. The first-order valence-corrected chi connectivity index (χ1v) is 12.0. The number of phenolic OH excluding ortho intramolecular Hbond substituents is 2. The Bertz CT molecular complexity index is 1560. The number of halogens is 1. The zero-order valence-corrected chi connectivity index (χ0v) is 21.6. The molecule has 0 saturated carbocycles. The summed E-state index contributed by atoms with van der Waals surface area (Å²) in [7, 11) is 2.94. The molecule has 9 heteroatoms. The van der Waals surface area contributed by atoms with Crippen molar-refractivity contribution < 1.29 is 33.6 Å². The zero-order valence-electron chi connectivity index (χ0n) is 21.6. The van der Waals surface area contributed by atoms with E-state index in [1.807, 2.05) is 0 Å². The Balaban J connectivity index is 1.73. The van der Waals surface area contributed by atoms with Crippen LogP contribution in [0.25, 0.3) is 30.0 Å². The van der Waals surface area contributed by atoms with Crippen LogP contribution >= 0.6 is 0 Å². The number of carbonyl (C=O) groups is 1. The first kappa shape index (κ1) is 27.0. The molecule has 200 valence electrons. The predicted octanol–water partition coefficient (Wildman–Crippen LogP) is 5.96. The van der Waals surface area contributed by atoms with Gasteiger partial charge in [-0.15, -0.1) is 0 Å². The summed E-state index contributed by atoms with van der Waals surface area (Å²) in [5.41, 5.74) is 2.96. The molecule has 0 spiro atoms. The molecular weight excluding hydrogens is 503 g/mol. The summed E-state index contributed by atoms with van der Waals surface area (Å²) in [6.45, 7) is 1.79. The maximum Gasteiger partial charge on any atom is 0.341 e. The van der Waals surface area contributed by atoms with Crippen molar-refractivity contribution in [3.05, 3.63) is 94.6 Å². The van der Waals surface area contributed by atoms with Crippen LogP contribution in [-0.2, 0) is 4.74 Å². The van der Waals surface area contributed by atoms with E-state index >= 15 is 0 Å². The van der Waals surface area contributed by atoms with E-state index in [4.69, 9.17) is 14.2 Å². The van der Waals surface area contributed by atoms with Crippen molar-refractivity contribution in [1.82, 2.24) is 9.78 Å². The Hall–Kier alpha value is -5.05. The lowest BCUT2D eigenvalue weighted by Gasteiger charge is -2.08. The van der Waals surface area contributed by atoms with Crippen LogP contribution in [0, 0.1) is 5.82 Å². The normalized spacial score (nSPS) is 11.3. The quantitative estimate of drug-likeness (QED) is 0.258. The molecule has 0 amide bonds. The molecule has 1 aromatic heterocycles. The maximum absolute atomic E-state index is 14.8. The summed E-state index contributed by atoms with van der Waals surface area (Å²) >= 11 is 0. The fourth-order valence-electron chi connectivity index (χ4n) is 3.79. The first-order chi connectivity index (χ1) is 18.8. The fraction of sp³-hybridized carbons (Fsp3) is 0.133. The first-order valence-electron chi connectivity index (χ1n) is 12.0. The molecule has 1 heterocycles. The minimum Gasteiger partial charge on any atom is -0.504 e. The number of benzene rings is 3. The van der Waals surface area contributed by atoms with Gasteiger partial charge in [0.2, 0.25) is 0 Å². The Morgan fingerprint density at radius 2 is 1.49 bits per heavy atom. The number of ether oxygens (including phenoxy) is 3. The van der Waals surface area contributed by atoms with Gasteiger partial charge in [-0.25, -0.2) is 13.9 Å². The van der Waals surface area contributed by atoms with E-state index in [0.29, 0.717) is 28.6 Å². The summed E-state index contributed by atoms with van der Waals surface area (Å²) < 4.78 is 31.7. The second kappa shape index (κ2) is 12.0. The van der Waals surface area contributed by atoms with Crippen LogP contribution in [0.5, 0.6) is 23.0 Å². The second-order valence-corrected chi connectivity index (χ2v) is 8.32. The van der Waals surface area contributed by atoms with Gasteiger partial charge >= 0.3 is 5.97 Å². The molecule has 0 bridgehead atoms. The van der Waals surface area contributed by atoms with Crippen LogP contribution in [0.15, 0.2) is 60.7 Å². The van der Waals surface area contributed by atoms with E-state index < -0.39 is 11.8 Å². The third kappa shape index (κ3) is 6.27. The number of rotatable bonds is 9. The number of aromatic hydroxyl groups is 2. The minimum absolute atomic E-state index is 0.0233. The lowest BCUT2D eigenvalue weighted by molar-refractivity contribution is 0.0521. The summed E-state index contributed by atoms with van der Waals surface area (Å²) in [4.78, 5) is 12.0. The highest BCUT2D eigenvalue weighted by Crippen LogP contribution is 2.29. The van der Waals surface area contributed by atoms with Crippen LogP contribution in [0.3, 0.4) is 0 Å². The highest BCUT2D eigenvalue weighted by atomic mass is 19.1. The zero-order chi connectivity index (χ0) is 27.9. The largest absolute Gasteiger partial charge is 0.504 e. The summed E-state index contributed by atoms with van der Waals surface area (Å²) in [6, 6.07) is 15.9. The Kier molecular flexibility index (Phi) is 8.30. The van der Waals surface area contributed by atoms with Crippen molar-refractivity contribution in [2.24, 2.45) is 0 Å². The predicted molar refractivity (Wildman–Crippen MR) is 147 cm³/mol. The highest BCUT2D eigenvalue weighted by molar-refractivity contribution is 5.90. The van der Waals surface area contributed by atoms with Gasteiger partial charge in [0.1, 0.15) is 5.82 Å². The number of nitrogens with zero attached hydrogens (tertiary/aromatic N) is 2. The van der Waals surface area contributed by atoms with Gasteiger partial charge in [-0.3, -0.25) is 0 Å². The van der Waals surface area contributed by atoms with E-state index in [2.05, 4.69) is 5.10 Å². The molecule has 0 aliphatic heterocycles. The number of hydrogen-bond acceptors (Lipinski definition) is 7. The number of aromatic nitrogens is 2. The molecule has 3 aromatic carbocycles. The number of hydrogen-bond donors (Lipinski definition) is 2. The van der Waals surface area contributed by atoms with Crippen LogP contribution < -0.4 is 9.47 Å². The van der Waals surface area contributed by atoms with Gasteiger partial charge in [0.05, 0.1) is 43.5 Å². The molecule has 4 aromatic rings. The van der Waals surface area contributed by atoms with Crippen molar-refractivity contribution in [2.45, 2.75) is 6.92 Å². The topological polar surface area (TPSA) is 103 Å². The van der Waals surface area contributed by atoms with Crippen LogP contribution in [0.4, 0.5) is 4.39 Å². The summed E-state index contributed by atoms with van der Waals surface area (Å²) in [5.74, 6) is -0.743. The molecule has 2 N–H and O–H groups in total. The molecule has 0 fully saturated rings. The van der Waals surface area contributed by atoms with Gasteiger partial charge < -0.3 is 24.4 Å². The van der Waals surface area contributed by atoms with Crippen molar-refractivity contribution in [1.29, 1.82) is 0 Å². The third-order valence-corrected chi connectivity index (χ3v) is 5.75. The van der Waals surface area contributed by atoms with E-state index in [0.717, 1.165) is 11.1 Å². The Morgan fingerprint density at radius 3 is 2.05 bits per heavy atom. The lowest BCUT2D eigenvalue weighted by Crippen LogP contribution is -2.08. The number of methoxy groups -OCH3 is 2. The Labute approximate surface area is 224 Å². The average Bonchev–Trinajstić information content (AvgIpc) is 3.35. The molecule has 0 saturated heterocycles. The van der Waals surface area contributed by atoms with E-state index in [9.17, 15) is 19.4 Å². The van der Waals surface area contributed by atoms with E-state index in [1.165, 1.54) is 38.5 Å². The number of esters is 1. The number of phenols is 2. The molecule has 0 aliphatic rings. The fourth-order valence-corrected chi connectivity index (χ4v) is 3.79. The van der Waals surface area contributed by atoms with Gasteiger partial charge in [-0.05, 0) is 72.7 Å². The SMILES string of the molecule is CCOC(=O)c1ccc(-n2nc(/C=C/c3ccc(O)c(OC)c3)cc2/C=C/c2ccc(O)c(OC)c2)cc1F. The monoisotopic (exact) mass is 530 g/mol. The van der Waals surface area contributed by atoms with Gasteiger partial charge in [-0.1, -0.05) is 24.3 Å². The van der Waals surface area contributed by atoms with Crippen LogP contribution in [0.2, 0.25) is 0 Å². The van der Waals surface area contributed by atoms with Gasteiger partial charge in [0.15, 0.2) is 23.0 Å². The smallest absolute Gasteiger partial charge is 0.341 e. The van der Waals surface area contributed by atoms with Crippen molar-refractivity contribution in [3.63, 3.8) is 0 Å². The van der Waals surface area contributed by atoms with Crippen molar-refractivity contribution in [3.8, 4) is 28.7 Å². The Morgan fingerprint density at radius 1 is 0.872 bits per heavy atom. The van der Waals surface area contributed by atoms with Crippen molar-refractivity contribution in [2.75, 3.05) is 20.8 Å². The number of carbonyl (C=O) groups excluding carboxylic acids is 1. The maximum atomic E-state index is 14.8. The molecule has 4 rings (SSSR count). The average molecular weight is 531 g/mol. The molecule has 0 unspecified atom stereocenters. The highest BCUT2D eigenvalue weighted by Gasteiger charge is 2.15. The van der Waals surface area contributed by atoms with Crippen molar-refractivity contribution >= 4 is 30.3 Å². The minimum atomic E-state index is -0.739. The molecule has 0 atom stereocenters. The van der Waals surface area contributed by atoms with Crippen LogP contribution in [0.1, 0.15) is 39.8 Å².